The second kappa shape index (κ2) is 7.01. The molecule has 2 aromatic heterocycles. The molecule has 3 heterocycles. The minimum atomic E-state index is 0.532. The van der Waals surface area contributed by atoms with Crippen LogP contribution in [0.2, 0.25) is 0 Å². The Bertz CT molecular complexity index is 1170. The summed E-state index contributed by atoms with van der Waals surface area (Å²) in [4.78, 5) is 9.08. The Labute approximate surface area is 163 Å². The molecule has 0 fully saturated rings. The van der Waals surface area contributed by atoms with Crippen LogP contribution < -0.4 is 10.1 Å². The van der Waals surface area contributed by atoms with Crippen LogP contribution in [0.1, 0.15) is 16.7 Å². The van der Waals surface area contributed by atoms with Gasteiger partial charge in [0.05, 0.1) is 24.4 Å². The van der Waals surface area contributed by atoms with Gasteiger partial charge in [-0.2, -0.15) is 5.26 Å². The predicted molar refractivity (Wildman–Crippen MR) is 111 cm³/mol. The van der Waals surface area contributed by atoms with Gasteiger partial charge in [0.1, 0.15) is 5.82 Å². The quantitative estimate of drug-likeness (QED) is 0.710. The van der Waals surface area contributed by atoms with Crippen LogP contribution in [-0.2, 0) is 0 Å². The average Bonchev–Trinajstić information content (AvgIpc) is 2.73. The third-order valence-corrected chi connectivity index (χ3v) is 4.68. The Hall–Kier alpha value is -3.91. The molecular weight excluding hydrogens is 348 g/mol. The summed E-state index contributed by atoms with van der Waals surface area (Å²) in [6.07, 6.45) is 5.62. The van der Waals surface area contributed by atoms with Crippen LogP contribution in [0.5, 0.6) is 5.88 Å². The lowest BCUT2D eigenvalue weighted by molar-refractivity contribution is 0.398. The highest BCUT2D eigenvalue weighted by atomic mass is 16.5. The number of aryl methyl sites for hydroxylation is 1. The number of pyridine rings is 2. The number of hydrogen-bond acceptors (Lipinski definition) is 5. The maximum absolute atomic E-state index is 9.44. The van der Waals surface area contributed by atoms with E-state index in [9.17, 15) is 5.26 Å². The van der Waals surface area contributed by atoms with Gasteiger partial charge in [-0.1, -0.05) is 18.7 Å². The lowest BCUT2D eigenvalue weighted by Gasteiger charge is -2.19. The zero-order chi connectivity index (χ0) is 19.7. The minimum absolute atomic E-state index is 0.532. The van der Waals surface area contributed by atoms with Crippen LogP contribution in [0.4, 0.5) is 5.82 Å². The van der Waals surface area contributed by atoms with Gasteiger partial charge in [-0.3, -0.25) is 0 Å². The fourth-order valence-electron chi connectivity index (χ4n) is 3.16. The molecule has 5 nitrogen and oxygen atoms in total. The maximum atomic E-state index is 9.44. The number of hydrogen-bond donors (Lipinski definition) is 1. The second-order valence-corrected chi connectivity index (χ2v) is 6.53. The summed E-state index contributed by atoms with van der Waals surface area (Å²) < 4.78 is 5.29. The summed E-state index contributed by atoms with van der Waals surface area (Å²) >= 11 is 0. The number of nitriles is 1. The van der Waals surface area contributed by atoms with Gasteiger partial charge in [0, 0.05) is 34.7 Å². The van der Waals surface area contributed by atoms with Crippen molar-refractivity contribution in [3.63, 3.8) is 0 Å². The first-order chi connectivity index (χ1) is 13.6. The SMILES string of the molecule is C=C1C=Cc2cc(-c3ccnc(OC)c3)c(-c3ccc(C)c(C#N)c3)nc2N1. The maximum Gasteiger partial charge on any atom is 0.213 e. The van der Waals surface area contributed by atoms with Crippen LogP contribution in [0, 0.1) is 18.3 Å². The van der Waals surface area contributed by atoms with Crippen molar-refractivity contribution in [2.24, 2.45) is 0 Å². The number of nitrogens with one attached hydrogen (secondary N) is 1. The zero-order valence-electron chi connectivity index (χ0n) is 15.7. The molecule has 28 heavy (non-hydrogen) atoms. The Morgan fingerprint density at radius 1 is 1.11 bits per heavy atom. The lowest BCUT2D eigenvalue weighted by atomic mass is 9.95. The van der Waals surface area contributed by atoms with Crippen molar-refractivity contribution < 1.29 is 4.74 Å². The average molecular weight is 366 g/mol. The second-order valence-electron chi connectivity index (χ2n) is 6.53. The van der Waals surface area contributed by atoms with Crippen LogP contribution >= 0.6 is 0 Å². The smallest absolute Gasteiger partial charge is 0.213 e. The normalized spacial score (nSPS) is 12.1. The number of allylic oxidation sites excluding steroid dienone is 1. The first-order valence-electron chi connectivity index (χ1n) is 8.79. The number of aromatic nitrogens is 2. The van der Waals surface area contributed by atoms with Crippen molar-refractivity contribution in [3.05, 3.63) is 77.6 Å². The molecule has 0 amide bonds. The molecule has 0 aliphatic carbocycles. The molecule has 5 heteroatoms. The topological polar surface area (TPSA) is 70.8 Å². The van der Waals surface area contributed by atoms with Gasteiger partial charge in [0.15, 0.2) is 0 Å². The molecule has 0 saturated heterocycles. The summed E-state index contributed by atoms with van der Waals surface area (Å²) in [5.74, 6) is 1.27. The molecule has 1 aliphatic rings. The Morgan fingerprint density at radius 3 is 2.75 bits per heavy atom. The molecule has 4 rings (SSSR count). The van der Waals surface area contributed by atoms with Crippen LogP contribution in [0.25, 0.3) is 28.5 Å². The largest absolute Gasteiger partial charge is 0.481 e. The van der Waals surface area contributed by atoms with Gasteiger partial charge in [-0.25, -0.2) is 9.97 Å². The molecule has 0 spiro atoms. The van der Waals surface area contributed by atoms with E-state index in [1.807, 2.05) is 49.4 Å². The summed E-state index contributed by atoms with van der Waals surface area (Å²) in [6.45, 7) is 5.88. The Morgan fingerprint density at radius 2 is 1.96 bits per heavy atom. The van der Waals surface area contributed by atoms with E-state index in [1.54, 1.807) is 13.3 Å². The monoisotopic (exact) mass is 366 g/mol. The van der Waals surface area contributed by atoms with Gasteiger partial charge in [-0.05, 0) is 48.4 Å². The van der Waals surface area contributed by atoms with E-state index in [2.05, 4.69) is 29.0 Å². The standard InChI is InChI=1S/C23H18N4O/c1-14-4-6-17(10-19(14)13-24)22-20(16-8-9-25-21(12-16)28-3)11-18-7-5-15(2)26-23(18)27-22/h4-12H,2H2,1,3H3,(H,26,27). The predicted octanol–water partition coefficient (Wildman–Crippen LogP) is 4.95. The molecule has 1 aliphatic heterocycles. The molecule has 3 aromatic rings. The fraction of sp³-hybridized carbons (Fsp3) is 0.0870. The molecule has 136 valence electrons. The molecule has 0 atom stereocenters. The Kier molecular flexibility index (Phi) is 4.38. The number of benzene rings is 1. The number of ether oxygens (including phenoxy) is 1. The van der Waals surface area contributed by atoms with Crippen LogP contribution in [0.3, 0.4) is 0 Å². The van der Waals surface area contributed by atoms with Crippen LogP contribution in [-0.4, -0.2) is 17.1 Å². The third-order valence-electron chi connectivity index (χ3n) is 4.68. The van der Waals surface area contributed by atoms with Crippen molar-refractivity contribution in [1.82, 2.24) is 9.97 Å². The summed E-state index contributed by atoms with van der Waals surface area (Å²) in [5.41, 5.74) is 6.84. The van der Waals surface area contributed by atoms with E-state index in [-0.39, 0.29) is 0 Å². The molecule has 1 aromatic carbocycles. The number of anilines is 1. The molecule has 0 bridgehead atoms. The lowest BCUT2D eigenvalue weighted by Crippen LogP contribution is -2.06. The number of fused-ring (bicyclic) bond motifs is 1. The molecule has 0 saturated carbocycles. The van der Waals surface area contributed by atoms with E-state index >= 15 is 0 Å². The highest BCUT2D eigenvalue weighted by Gasteiger charge is 2.17. The van der Waals surface area contributed by atoms with Crippen LogP contribution in [0.15, 0.2) is 60.9 Å². The van der Waals surface area contributed by atoms with E-state index in [1.165, 1.54) is 0 Å². The van der Waals surface area contributed by atoms with Gasteiger partial charge in [0.25, 0.3) is 0 Å². The van der Waals surface area contributed by atoms with Gasteiger partial charge in [-0.15, -0.1) is 0 Å². The Balaban J connectivity index is 1.98. The highest BCUT2D eigenvalue weighted by Crippen LogP contribution is 2.37. The molecule has 1 N–H and O–H groups in total. The van der Waals surface area contributed by atoms with E-state index in [4.69, 9.17) is 9.72 Å². The minimum Gasteiger partial charge on any atom is -0.481 e. The summed E-state index contributed by atoms with van der Waals surface area (Å²) in [5, 5.41) is 12.7. The fourth-order valence-corrected chi connectivity index (χ4v) is 3.16. The van der Waals surface area contributed by atoms with Crippen molar-refractivity contribution in [2.45, 2.75) is 6.92 Å². The van der Waals surface area contributed by atoms with E-state index in [0.717, 1.165) is 45.0 Å². The van der Waals surface area contributed by atoms with Crippen molar-refractivity contribution in [2.75, 3.05) is 12.4 Å². The number of rotatable bonds is 3. The summed E-state index contributed by atoms with van der Waals surface area (Å²) in [7, 11) is 1.59. The number of nitrogens with zero attached hydrogens (tertiary/aromatic N) is 3. The first-order valence-corrected chi connectivity index (χ1v) is 8.79. The third kappa shape index (κ3) is 3.12. The van der Waals surface area contributed by atoms with Crippen molar-refractivity contribution in [3.8, 4) is 34.3 Å². The molecule has 0 radical (unpaired) electrons. The first kappa shape index (κ1) is 17.5. The van der Waals surface area contributed by atoms with Gasteiger partial charge < -0.3 is 10.1 Å². The molecular formula is C23H18N4O. The number of methoxy groups -OCH3 is 1. The van der Waals surface area contributed by atoms with E-state index in [0.29, 0.717) is 11.4 Å². The van der Waals surface area contributed by atoms with Crippen molar-refractivity contribution >= 4 is 11.9 Å². The zero-order valence-corrected chi connectivity index (χ0v) is 15.7. The summed E-state index contributed by atoms with van der Waals surface area (Å²) in [6, 6.07) is 13.9. The molecule has 0 unspecified atom stereocenters. The highest BCUT2D eigenvalue weighted by molar-refractivity contribution is 5.87. The van der Waals surface area contributed by atoms with Crippen molar-refractivity contribution in [1.29, 1.82) is 5.26 Å². The van der Waals surface area contributed by atoms with Gasteiger partial charge >= 0.3 is 0 Å². The van der Waals surface area contributed by atoms with Gasteiger partial charge in [0.2, 0.25) is 5.88 Å². The van der Waals surface area contributed by atoms with E-state index < -0.39 is 0 Å².